The zero-order valence-corrected chi connectivity index (χ0v) is 13.6. The Morgan fingerprint density at radius 3 is 2.70 bits per heavy atom. The maximum absolute atomic E-state index is 11.8. The van der Waals surface area contributed by atoms with Gasteiger partial charge in [0.2, 0.25) is 5.91 Å². The molecule has 0 saturated carbocycles. The van der Waals surface area contributed by atoms with E-state index in [9.17, 15) is 9.90 Å². The minimum Gasteiger partial charge on any atom is -0.386 e. The molecule has 0 aliphatic carbocycles. The van der Waals surface area contributed by atoms with E-state index in [4.69, 9.17) is 23.2 Å². The first-order valence-corrected chi connectivity index (χ1v) is 7.71. The maximum Gasteiger partial charge on any atom is 0.238 e. The predicted octanol–water partition coefficient (Wildman–Crippen LogP) is 2.23. The number of amides is 1. The van der Waals surface area contributed by atoms with Crippen LogP contribution in [0.1, 0.15) is 11.7 Å². The van der Waals surface area contributed by atoms with Crippen LogP contribution in [0.3, 0.4) is 0 Å². The molecule has 1 fully saturated rings. The van der Waals surface area contributed by atoms with Gasteiger partial charge in [-0.25, -0.2) is 0 Å². The summed E-state index contributed by atoms with van der Waals surface area (Å²) in [6.07, 6.45) is -0.917. The van der Waals surface area contributed by atoms with Gasteiger partial charge in [0, 0.05) is 33.8 Å². The quantitative estimate of drug-likeness (QED) is 0.773. The Bertz CT molecular complexity index is 450. The zero-order chi connectivity index (χ0) is 13.8. The van der Waals surface area contributed by atoms with Crippen LogP contribution in [-0.4, -0.2) is 35.2 Å². The molecule has 4 nitrogen and oxygen atoms in total. The van der Waals surface area contributed by atoms with Crippen molar-refractivity contribution in [3.8, 4) is 0 Å². The summed E-state index contributed by atoms with van der Waals surface area (Å²) in [6, 6.07) is 4.82. The minimum absolute atomic E-state index is 0. The van der Waals surface area contributed by atoms with Crippen LogP contribution in [0, 0.1) is 0 Å². The SMILES string of the molecule is Cl.O=C(NCC(O)c1c(Cl)cccc1Cl)C1CSCN1. The van der Waals surface area contributed by atoms with Crippen molar-refractivity contribution >= 4 is 53.3 Å². The summed E-state index contributed by atoms with van der Waals surface area (Å²) in [7, 11) is 0. The number of benzene rings is 1. The summed E-state index contributed by atoms with van der Waals surface area (Å²) in [5, 5.41) is 16.6. The number of hydrogen-bond acceptors (Lipinski definition) is 4. The number of rotatable bonds is 4. The lowest BCUT2D eigenvalue weighted by atomic mass is 10.1. The fraction of sp³-hybridized carbons (Fsp3) is 0.417. The van der Waals surface area contributed by atoms with E-state index in [2.05, 4.69) is 10.6 Å². The Labute approximate surface area is 138 Å². The summed E-state index contributed by atoms with van der Waals surface area (Å²) in [6.45, 7) is 0.0884. The average Bonchev–Trinajstić information content (AvgIpc) is 2.89. The maximum atomic E-state index is 11.8. The molecule has 112 valence electrons. The van der Waals surface area contributed by atoms with Crippen molar-refractivity contribution in [1.82, 2.24) is 10.6 Å². The van der Waals surface area contributed by atoms with Crippen molar-refractivity contribution in [2.45, 2.75) is 12.1 Å². The molecule has 1 aliphatic rings. The Kier molecular flexibility index (Phi) is 7.43. The van der Waals surface area contributed by atoms with E-state index in [1.54, 1.807) is 30.0 Å². The first kappa shape index (κ1) is 17.9. The lowest BCUT2D eigenvalue weighted by Gasteiger charge is -2.16. The Hall–Kier alpha value is -0.170. The highest BCUT2D eigenvalue weighted by Gasteiger charge is 2.23. The summed E-state index contributed by atoms with van der Waals surface area (Å²) < 4.78 is 0. The molecule has 3 N–H and O–H groups in total. The molecule has 1 aliphatic heterocycles. The normalized spacial score (nSPS) is 19.2. The van der Waals surface area contributed by atoms with Gasteiger partial charge in [0.25, 0.3) is 0 Å². The van der Waals surface area contributed by atoms with Crippen molar-refractivity contribution in [3.05, 3.63) is 33.8 Å². The summed E-state index contributed by atoms with van der Waals surface area (Å²) >= 11 is 13.7. The third-order valence-electron chi connectivity index (χ3n) is 2.84. The lowest BCUT2D eigenvalue weighted by Crippen LogP contribution is -2.43. The largest absolute Gasteiger partial charge is 0.386 e. The fourth-order valence-electron chi connectivity index (χ4n) is 1.82. The first-order valence-electron chi connectivity index (χ1n) is 5.80. The standard InChI is InChI=1S/C12H14Cl2N2O2S.ClH/c13-7-2-1-3-8(14)11(7)10(17)4-15-12(18)9-5-19-6-16-9;/h1-3,9-10,16-17H,4-6H2,(H,15,18);1H. The van der Waals surface area contributed by atoms with Gasteiger partial charge >= 0.3 is 0 Å². The van der Waals surface area contributed by atoms with Crippen LogP contribution >= 0.6 is 47.4 Å². The van der Waals surface area contributed by atoms with E-state index in [-0.39, 0.29) is 30.9 Å². The molecule has 0 aromatic heterocycles. The number of halogens is 3. The highest BCUT2D eigenvalue weighted by atomic mass is 35.5. The number of carbonyl (C=O) groups is 1. The van der Waals surface area contributed by atoms with Crippen LogP contribution in [0.4, 0.5) is 0 Å². The third kappa shape index (κ3) is 4.41. The highest BCUT2D eigenvalue weighted by molar-refractivity contribution is 7.99. The number of aliphatic hydroxyl groups is 1. The number of hydrogen-bond donors (Lipinski definition) is 3. The molecule has 0 radical (unpaired) electrons. The third-order valence-corrected chi connectivity index (χ3v) is 4.43. The summed E-state index contributed by atoms with van der Waals surface area (Å²) in [5.74, 6) is 1.40. The van der Waals surface area contributed by atoms with Gasteiger partial charge in [0.1, 0.15) is 0 Å². The Morgan fingerprint density at radius 1 is 1.50 bits per heavy atom. The topological polar surface area (TPSA) is 61.4 Å². The first-order chi connectivity index (χ1) is 9.09. The second-order valence-electron chi connectivity index (χ2n) is 4.17. The van der Waals surface area contributed by atoms with Gasteiger partial charge in [-0.15, -0.1) is 24.2 Å². The van der Waals surface area contributed by atoms with Crippen LogP contribution < -0.4 is 10.6 Å². The molecule has 2 atom stereocenters. The van der Waals surface area contributed by atoms with Crippen molar-refractivity contribution in [1.29, 1.82) is 0 Å². The molecule has 8 heteroatoms. The Morgan fingerprint density at radius 2 is 2.15 bits per heavy atom. The van der Waals surface area contributed by atoms with Gasteiger partial charge in [0.05, 0.1) is 12.1 Å². The molecule has 0 bridgehead atoms. The van der Waals surface area contributed by atoms with Crippen molar-refractivity contribution < 1.29 is 9.90 Å². The number of carbonyl (C=O) groups excluding carboxylic acids is 1. The molecule has 1 amide bonds. The van der Waals surface area contributed by atoms with Gasteiger partial charge in [-0.1, -0.05) is 29.3 Å². The van der Waals surface area contributed by atoms with Gasteiger partial charge in [-0.05, 0) is 12.1 Å². The second kappa shape index (κ2) is 8.32. The molecular weight excluding hydrogens is 343 g/mol. The number of thioether (sulfide) groups is 1. The van der Waals surface area contributed by atoms with E-state index in [1.165, 1.54) is 0 Å². The number of nitrogens with one attached hydrogen (secondary N) is 2. The van der Waals surface area contributed by atoms with E-state index in [0.29, 0.717) is 15.6 Å². The smallest absolute Gasteiger partial charge is 0.238 e. The minimum atomic E-state index is -0.917. The van der Waals surface area contributed by atoms with Crippen LogP contribution in [0.25, 0.3) is 0 Å². The molecule has 2 unspecified atom stereocenters. The summed E-state index contributed by atoms with van der Waals surface area (Å²) in [4.78, 5) is 11.8. The fourth-order valence-corrected chi connectivity index (χ4v) is 3.41. The zero-order valence-electron chi connectivity index (χ0n) is 10.4. The van der Waals surface area contributed by atoms with E-state index in [1.807, 2.05) is 0 Å². The van der Waals surface area contributed by atoms with Gasteiger partial charge in [-0.2, -0.15) is 0 Å². The molecular formula is C12H15Cl3N2O2S. The predicted molar refractivity (Wildman–Crippen MR) is 85.9 cm³/mol. The second-order valence-corrected chi connectivity index (χ2v) is 6.01. The van der Waals surface area contributed by atoms with E-state index >= 15 is 0 Å². The van der Waals surface area contributed by atoms with E-state index < -0.39 is 6.10 Å². The lowest BCUT2D eigenvalue weighted by molar-refractivity contribution is -0.122. The van der Waals surface area contributed by atoms with Gasteiger partial charge in [0.15, 0.2) is 0 Å². The monoisotopic (exact) mass is 356 g/mol. The van der Waals surface area contributed by atoms with Crippen LogP contribution in [0.2, 0.25) is 10.0 Å². The Balaban J connectivity index is 0.00000200. The van der Waals surface area contributed by atoms with E-state index in [0.717, 1.165) is 11.6 Å². The van der Waals surface area contributed by atoms with Crippen LogP contribution in [0.5, 0.6) is 0 Å². The molecule has 1 saturated heterocycles. The van der Waals surface area contributed by atoms with Gasteiger partial charge in [-0.3, -0.25) is 10.1 Å². The van der Waals surface area contributed by atoms with Crippen LogP contribution in [0.15, 0.2) is 18.2 Å². The van der Waals surface area contributed by atoms with Crippen LogP contribution in [-0.2, 0) is 4.79 Å². The molecule has 0 spiro atoms. The molecule has 1 aromatic carbocycles. The molecule has 1 aromatic rings. The van der Waals surface area contributed by atoms with Crippen molar-refractivity contribution in [2.75, 3.05) is 18.2 Å². The molecule has 2 rings (SSSR count). The summed E-state index contributed by atoms with van der Waals surface area (Å²) in [5.41, 5.74) is 0.444. The molecule has 20 heavy (non-hydrogen) atoms. The van der Waals surface area contributed by atoms with Crippen molar-refractivity contribution in [3.63, 3.8) is 0 Å². The highest BCUT2D eigenvalue weighted by Crippen LogP contribution is 2.29. The number of aliphatic hydroxyl groups excluding tert-OH is 1. The van der Waals surface area contributed by atoms with Gasteiger partial charge < -0.3 is 10.4 Å². The molecule has 1 heterocycles. The average molecular weight is 358 g/mol. The van der Waals surface area contributed by atoms with Crippen molar-refractivity contribution in [2.24, 2.45) is 0 Å².